The number of anilines is 1. The first kappa shape index (κ1) is 24.2. The van der Waals surface area contributed by atoms with Gasteiger partial charge in [-0.15, -0.1) is 0 Å². The molecule has 0 aromatic heterocycles. The molecule has 0 unspecified atom stereocenters. The van der Waals surface area contributed by atoms with Gasteiger partial charge in [0.2, 0.25) is 17.7 Å². The standard InChI is InChI=1S/C28H34BrN3O4/c29-17-11-13-19(14-12-17)30-25(33)22-21-15-16-28(36-21)23(22)27(35)32(20-9-5-2-6-10-20)24(28)26(34)31-18-7-3-1-4-8-18/h11-16,18,20-24H,1-10H2,(H,30,33)(H,31,34)/t21-,22-,23-,24+,28-/m1/s1. The number of fused-ring (bicyclic) bond motifs is 1. The highest BCUT2D eigenvalue weighted by molar-refractivity contribution is 9.10. The molecule has 36 heavy (non-hydrogen) atoms. The summed E-state index contributed by atoms with van der Waals surface area (Å²) in [5.41, 5.74) is -0.412. The van der Waals surface area contributed by atoms with Crippen LogP contribution in [0.1, 0.15) is 64.2 Å². The summed E-state index contributed by atoms with van der Waals surface area (Å²) in [4.78, 5) is 43.4. The van der Waals surface area contributed by atoms with Gasteiger partial charge >= 0.3 is 0 Å². The van der Waals surface area contributed by atoms with Gasteiger partial charge in [-0.25, -0.2) is 0 Å². The van der Waals surface area contributed by atoms with Crippen molar-refractivity contribution in [2.75, 3.05) is 5.32 Å². The van der Waals surface area contributed by atoms with E-state index < -0.39 is 29.6 Å². The fraction of sp³-hybridized carbons (Fsp3) is 0.607. The van der Waals surface area contributed by atoms with E-state index >= 15 is 0 Å². The van der Waals surface area contributed by atoms with Crippen molar-refractivity contribution in [1.29, 1.82) is 0 Å². The molecular weight excluding hydrogens is 522 g/mol. The number of hydrogen-bond acceptors (Lipinski definition) is 4. The maximum atomic E-state index is 14.1. The van der Waals surface area contributed by atoms with Crippen molar-refractivity contribution in [2.45, 2.75) is 94.0 Å². The number of nitrogens with one attached hydrogen (secondary N) is 2. The lowest BCUT2D eigenvalue weighted by molar-refractivity contribution is -0.144. The molecule has 7 nitrogen and oxygen atoms in total. The summed E-state index contributed by atoms with van der Waals surface area (Å²) < 4.78 is 7.41. The van der Waals surface area contributed by atoms with Gasteiger partial charge in [-0.3, -0.25) is 14.4 Å². The second kappa shape index (κ2) is 9.60. The van der Waals surface area contributed by atoms with Gasteiger partial charge < -0.3 is 20.3 Å². The molecule has 192 valence electrons. The Labute approximate surface area is 220 Å². The van der Waals surface area contributed by atoms with Crippen LogP contribution < -0.4 is 10.6 Å². The van der Waals surface area contributed by atoms with Gasteiger partial charge in [-0.2, -0.15) is 0 Å². The number of amides is 3. The predicted octanol–water partition coefficient (Wildman–Crippen LogP) is 4.32. The zero-order valence-corrected chi connectivity index (χ0v) is 22.0. The van der Waals surface area contributed by atoms with Gasteiger partial charge in [0.15, 0.2) is 0 Å². The zero-order valence-electron chi connectivity index (χ0n) is 20.5. The Hall–Kier alpha value is -2.19. The quantitative estimate of drug-likeness (QED) is 0.529. The van der Waals surface area contributed by atoms with E-state index in [0.717, 1.165) is 62.3 Å². The van der Waals surface area contributed by atoms with Crippen LogP contribution in [0.15, 0.2) is 40.9 Å². The van der Waals surface area contributed by atoms with Crippen LogP contribution in [-0.2, 0) is 19.1 Å². The average molecular weight is 557 g/mol. The number of hydrogen-bond donors (Lipinski definition) is 2. The second-order valence-corrected chi connectivity index (χ2v) is 12.0. The van der Waals surface area contributed by atoms with E-state index in [0.29, 0.717) is 5.69 Å². The molecule has 2 saturated carbocycles. The molecule has 1 spiro atoms. The van der Waals surface area contributed by atoms with E-state index in [1.54, 1.807) is 0 Å². The van der Waals surface area contributed by atoms with Crippen molar-refractivity contribution in [3.63, 3.8) is 0 Å². The molecule has 6 rings (SSSR count). The molecule has 2 N–H and O–H groups in total. The molecule has 5 aliphatic rings. The monoisotopic (exact) mass is 555 g/mol. The molecule has 0 radical (unpaired) electrons. The van der Waals surface area contributed by atoms with E-state index in [2.05, 4.69) is 26.6 Å². The van der Waals surface area contributed by atoms with Gasteiger partial charge in [0.05, 0.1) is 17.9 Å². The van der Waals surface area contributed by atoms with E-state index in [1.165, 1.54) is 6.42 Å². The molecule has 1 aromatic rings. The Kier molecular flexibility index (Phi) is 6.44. The van der Waals surface area contributed by atoms with Crippen LogP contribution >= 0.6 is 15.9 Å². The second-order valence-electron chi connectivity index (χ2n) is 11.1. The van der Waals surface area contributed by atoms with Gasteiger partial charge in [0.1, 0.15) is 11.6 Å². The summed E-state index contributed by atoms with van der Waals surface area (Å²) in [7, 11) is 0. The van der Waals surface area contributed by atoms with Crippen molar-refractivity contribution in [3.05, 3.63) is 40.9 Å². The third-order valence-electron chi connectivity index (χ3n) is 8.89. The fourth-order valence-electron chi connectivity index (χ4n) is 7.24. The normalized spacial score (nSPS) is 34.1. The largest absolute Gasteiger partial charge is 0.359 e. The van der Waals surface area contributed by atoms with E-state index in [4.69, 9.17) is 4.74 Å². The van der Waals surface area contributed by atoms with Crippen molar-refractivity contribution in [2.24, 2.45) is 11.8 Å². The van der Waals surface area contributed by atoms with Crippen LogP contribution in [0.5, 0.6) is 0 Å². The lowest BCUT2D eigenvalue weighted by atomic mass is 9.74. The zero-order chi connectivity index (χ0) is 24.9. The van der Waals surface area contributed by atoms with Crippen LogP contribution in [-0.4, -0.2) is 52.5 Å². The molecule has 3 heterocycles. The van der Waals surface area contributed by atoms with Crippen molar-refractivity contribution < 1.29 is 19.1 Å². The maximum absolute atomic E-state index is 14.1. The molecule has 2 bridgehead atoms. The summed E-state index contributed by atoms with van der Waals surface area (Å²) in [6.45, 7) is 0. The lowest BCUT2D eigenvalue weighted by Crippen LogP contribution is -2.58. The minimum atomic E-state index is -1.08. The SMILES string of the molecule is O=C(Nc1ccc(Br)cc1)[C@@H]1[C@H]2C=C[C@]3(O2)[C@H](C(=O)NC2CCCCC2)N(C2CCCCC2)C(=O)[C@@H]13. The Morgan fingerprint density at radius 1 is 0.944 bits per heavy atom. The first-order chi connectivity index (χ1) is 17.5. The van der Waals surface area contributed by atoms with Gasteiger partial charge in [-0.1, -0.05) is 66.6 Å². The third-order valence-corrected chi connectivity index (χ3v) is 9.42. The number of carbonyl (C=O) groups is 3. The summed E-state index contributed by atoms with van der Waals surface area (Å²) in [5.74, 6) is -1.81. The Bertz CT molecular complexity index is 1060. The molecular formula is C28H34BrN3O4. The number of carbonyl (C=O) groups excluding carboxylic acids is 3. The van der Waals surface area contributed by atoms with E-state index in [9.17, 15) is 14.4 Å². The number of ether oxygens (including phenoxy) is 1. The number of rotatable bonds is 5. The maximum Gasteiger partial charge on any atom is 0.246 e. The highest BCUT2D eigenvalue weighted by Crippen LogP contribution is 2.56. The van der Waals surface area contributed by atoms with E-state index in [1.807, 2.05) is 41.3 Å². The number of likely N-dealkylation sites (tertiary alicyclic amines) is 1. The first-order valence-electron chi connectivity index (χ1n) is 13.5. The van der Waals surface area contributed by atoms with Crippen molar-refractivity contribution in [3.8, 4) is 0 Å². The van der Waals surface area contributed by atoms with Crippen LogP contribution in [0.2, 0.25) is 0 Å². The Balaban J connectivity index is 1.31. The first-order valence-corrected chi connectivity index (χ1v) is 14.3. The lowest BCUT2D eigenvalue weighted by Gasteiger charge is -2.39. The summed E-state index contributed by atoms with van der Waals surface area (Å²) in [6, 6.07) is 6.81. The topological polar surface area (TPSA) is 87.7 Å². The van der Waals surface area contributed by atoms with Crippen LogP contribution in [0.4, 0.5) is 5.69 Å². The molecule has 3 amide bonds. The third kappa shape index (κ3) is 4.01. The molecule has 8 heteroatoms. The summed E-state index contributed by atoms with van der Waals surface area (Å²) in [6.07, 6.45) is 13.7. The highest BCUT2D eigenvalue weighted by atomic mass is 79.9. The van der Waals surface area contributed by atoms with Gasteiger partial charge in [0.25, 0.3) is 0 Å². The smallest absolute Gasteiger partial charge is 0.246 e. The Morgan fingerprint density at radius 3 is 2.31 bits per heavy atom. The van der Waals surface area contributed by atoms with Gasteiger partial charge in [0, 0.05) is 22.2 Å². The minimum absolute atomic E-state index is 0.0135. The summed E-state index contributed by atoms with van der Waals surface area (Å²) >= 11 is 3.42. The van der Waals surface area contributed by atoms with Crippen LogP contribution in [0, 0.1) is 11.8 Å². The Morgan fingerprint density at radius 2 is 1.61 bits per heavy atom. The van der Waals surface area contributed by atoms with E-state index in [-0.39, 0.29) is 29.8 Å². The molecule has 2 aliphatic carbocycles. The minimum Gasteiger partial charge on any atom is -0.359 e. The van der Waals surface area contributed by atoms with Crippen LogP contribution in [0.25, 0.3) is 0 Å². The fourth-order valence-corrected chi connectivity index (χ4v) is 7.51. The number of nitrogens with zero attached hydrogens (tertiary/aromatic N) is 1. The van der Waals surface area contributed by atoms with Crippen molar-refractivity contribution >= 4 is 39.3 Å². The van der Waals surface area contributed by atoms with Crippen LogP contribution in [0.3, 0.4) is 0 Å². The van der Waals surface area contributed by atoms with Crippen molar-refractivity contribution in [1.82, 2.24) is 10.2 Å². The average Bonchev–Trinajstić information content (AvgIpc) is 3.54. The molecule has 2 saturated heterocycles. The molecule has 1 aromatic carbocycles. The predicted molar refractivity (Wildman–Crippen MR) is 139 cm³/mol. The highest BCUT2D eigenvalue weighted by Gasteiger charge is 2.73. The number of benzene rings is 1. The van der Waals surface area contributed by atoms with Gasteiger partial charge in [-0.05, 0) is 49.9 Å². The molecule has 4 fully saturated rings. The molecule has 5 atom stereocenters. The number of halogens is 1. The molecule has 3 aliphatic heterocycles. The summed E-state index contributed by atoms with van der Waals surface area (Å²) in [5, 5.41) is 6.26.